The summed E-state index contributed by atoms with van der Waals surface area (Å²) >= 11 is 0. The molecule has 0 bridgehead atoms. The molecule has 0 amide bonds. The largest absolute Gasteiger partial charge is 0.446 e. The molecule has 0 aliphatic heterocycles. The highest BCUT2D eigenvalue weighted by atomic mass is 16.5. The van der Waals surface area contributed by atoms with E-state index in [4.69, 9.17) is 14.9 Å². The van der Waals surface area contributed by atoms with Crippen LogP contribution in [0.4, 0.5) is 0 Å². The van der Waals surface area contributed by atoms with Gasteiger partial charge < -0.3 is 14.9 Å². The van der Waals surface area contributed by atoms with Crippen LogP contribution >= 0.6 is 0 Å². The van der Waals surface area contributed by atoms with E-state index in [2.05, 4.69) is 4.98 Å². The highest BCUT2D eigenvalue weighted by Gasteiger charge is 2.10. The second-order valence-electron chi connectivity index (χ2n) is 2.38. The van der Waals surface area contributed by atoms with E-state index in [1.165, 1.54) is 6.39 Å². The van der Waals surface area contributed by atoms with Gasteiger partial charge in [0.15, 0.2) is 6.39 Å². The van der Waals surface area contributed by atoms with Crippen molar-refractivity contribution in [3.05, 3.63) is 17.8 Å². The van der Waals surface area contributed by atoms with Gasteiger partial charge >= 0.3 is 0 Å². The molecule has 0 spiro atoms. The second kappa shape index (κ2) is 3.50. The number of nitrogens with two attached hydrogens (primary N) is 1. The van der Waals surface area contributed by atoms with E-state index in [0.717, 1.165) is 5.69 Å². The summed E-state index contributed by atoms with van der Waals surface area (Å²) in [6, 6.07) is -0.123. The number of hydrogen-bond acceptors (Lipinski definition) is 4. The molecule has 1 heterocycles. The van der Waals surface area contributed by atoms with Gasteiger partial charge in [0.05, 0.1) is 12.6 Å². The minimum atomic E-state index is -0.123. The summed E-state index contributed by atoms with van der Waals surface area (Å²) in [4.78, 5) is 3.96. The van der Waals surface area contributed by atoms with Gasteiger partial charge in [-0.2, -0.15) is 0 Å². The van der Waals surface area contributed by atoms with Crippen LogP contribution in [-0.4, -0.2) is 12.1 Å². The summed E-state index contributed by atoms with van der Waals surface area (Å²) in [6.07, 6.45) is 1.38. The van der Waals surface area contributed by atoms with Crippen molar-refractivity contribution in [2.75, 3.05) is 7.11 Å². The SMILES string of the molecule is COCc1ncoc1C(C)N. The Hall–Kier alpha value is -0.870. The molecule has 62 valence electrons. The molecule has 11 heavy (non-hydrogen) atoms. The molecule has 0 aromatic carbocycles. The molecule has 2 N–H and O–H groups in total. The molecule has 0 aliphatic rings. The Labute approximate surface area is 65.4 Å². The quantitative estimate of drug-likeness (QED) is 0.704. The Bertz CT molecular complexity index is 220. The zero-order chi connectivity index (χ0) is 8.27. The Kier molecular flexibility index (Phi) is 2.62. The van der Waals surface area contributed by atoms with Crippen LogP contribution in [0.3, 0.4) is 0 Å². The average molecular weight is 156 g/mol. The van der Waals surface area contributed by atoms with Gasteiger partial charge in [0.2, 0.25) is 0 Å². The summed E-state index contributed by atoms with van der Waals surface area (Å²) in [5, 5.41) is 0. The van der Waals surface area contributed by atoms with E-state index in [1.54, 1.807) is 7.11 Å². The third-order valence-corrected chi connectivity index (χ3v) is 1.37. The fourth-order valence-electron chi connectivity index (χ4n) is 0.894. The number of aromatic nitrogens is 1. The predicted molar refractivity (Wildman–Crippen MR) is 39.8 cm³/mol. The molecule has 1 aromatic heterocycles. The zero-order valence-electron chi connectivity index (χ0n) is 6.70. The number of oxazole rings is 1. The van der Waals surface area contributed by atoms with Gasteiger partial charge in [-0.15, -0.1) is 0 Å². The van der Waals surface area contributed by atoms with Crippen LogP contribution < -0.4 is 5.73 Å². The molecule has 0 saturated heterocycles. The standard InChI is InChI=1S/C7H12N2O2/c1-5(8)7-6(3-10-2)9-4-11-7/h4-5H,3,8H2,1-2H3. The van der Waals surface area contributed by atoms with Crippen molar-refractivity contribution in [1.82, 2.24) is 4.98 Å². The van der Waals surface area contributed by atoms with E-state index < -0.39 is 0 Å². The third kappa shape index (κ3) is 1.78. The van der Waals surface area contributed by atoms with Crippen LogP contribution in [0.1, 0.15) is 24.4 Å². The van der Waals surface area contributed by atoms with Gasteiger partial charge in [-0.1, -0.05) is 0 Å². The summed E-state index contributed by atoms with van der Waals surface area (Å²) in [7, 11) is 1.61. The lowest BCUT2D eigenvalue weighted by Crippen LogP contribution is -2.07. The van der Waals surface area contributed by atoms with Gasteiger partial charge in [0.25, 0.3) is 0 Å². The number of methoxy groups -OCH3 is 1. The molecule has 4 heteroatoms. The molecule has 1 unspecified atom stereocenters. The van der Waals surface area contributed by atoms with Gasteiger partial charge in [-0.25, -0.2) is 4.98 Å². The maximum atomic E-state index is 5.60. The first kappa shape index (κ1) is 8.23. The van der Waals surface area contributed by atoms with Gasteiger partial charge in [0.1, 0.15) is 11.5 Å². The van der Waals surface area contributed by atoms with Gasteiger partial charge in [-0.3, -0.25) is 0 Å². The van der Waals surface area contributed by atoms with Crippen molar-refractivity contribution in [3.8, 4) is 0 Å². The average Bonchev–Trinajstić information content (AvgIpc) is 2.36. The molecule has 0 saturated carbocycles. The van der Waals surface area contributed by atoms with Crippen molar-refractivity contribution >= 4 is 0 Å². The van der Waals surface area contributed by atoms with E-state index >= 15 is 0 Å². The Morgan fingerprint density at radius 3 is 3.09 bits per heavy atom. The third-order valence-electron chi connectivity index (χ3n) is 1.37. The molecule has 0 aliphatic carbocycles. The molecule has 0 fully saturated rings. The van der Waals surface area contributed by atoms with Crippen LogP contribution in [0.5, 0.6) is 0 Å². The van der Waals surface area contributed by atoms with Crippen LogP contribution in [0.15, 0.2) is 10.8 Å². The molecule has 4 nitrogen and oxygen atoms in total. The van der Waals surface area contributed by atoms with Crippen molar-refractivity contribution < 1.29 is 9.15 Å². The van der Waals surface area contributed by atoms with Crippen LogP contribution in [0.25, 0.3) is 0 Å². The van der Waals surface area contributed by atoms with Crippen LogP contribution in [-0.2, 0) is 11.3 Å². The van der Waals surface area contributed by atoms with Crippen molar-refractivity contribution in [2.45, 2.75) is 19.6 Å². The first-order chi connectivity index (χ1) is 5.25. The van der Waals surface area contributed by atoms with E-state index in [0.29, 0.717) is 12.4 Å². The molecule has 1 atom stereocenters. The van der Waals surface area contributed by atoms with Gasteiger partial charge in [0, 0.05) is 7.11 Å². The van der Waals surface area contributed by atoms with Crippen molar-refractivity contribution in [1.29, 1.82) is 0 Å². The first-order valence-electron chi connectivity index (χ1n) is 3.42. The fraction of sp³-hybridized carbons (Fsp3) is 0.571. The Balaban J connectivity index is 2.78. The molecule has 0 radical (unpaired) electrons. The minimum Gasteiger partial charge on any atom is -0.446 e. The predicted octanol–water partition coefficient (Wildman–Crippen LogP) is 0.841. The van der Waals surface area contributed by atoms with Gasteiger partial charge in [-0.05, 0) is 6.92 Å². The lowest BCUT2D eigenvalue weighted by atomic mass is 10.2. The normalized spacial score (nSPS) is 13.4. The smallest absolute Gasteiger partial charge is 0.181 e. The monoisotopic (exact) mass is 156 g/mol. The molecule has 1 aromatic rings. The second-order valence-corrected chi connectivity index (χ2v) is 2.38. The topological polar surface area (TPSA) is 61.3 Å². The number of rotatable bonds is 3. The number of nitrogens with zero attached hydrogens (tertiary/aromatic N) is 1. The van der Waals surface area contributed by atoms with Crippen LogP contribution in [0, 0.1) is 0 Å². The maximum absolute atomic E-state index is 5.60. The lowest BCUT2D eigenvalue weighted by Gasteiger charge is -2.01. The lowest BCUT2D eigenvalue weighted by molar-refractivity contribution is 0.179. The zero-order valence-corrected chi connectivity index (χ0v) is 6.70. The van der Waals surface area contributed by atoms with Crippen molar-refractivity contribution in [2.24, 2.45) is 5.73 Å². The summed E-state index contributed by atoms with van der Waals surface area (Å²) < 4.78 is 9.96. The van der Waals surface area contributed by atoms with Crippen molar-refractivity contribution in [3.63, 3.8) is 0 Å². The number of hydrogen-bond donors (Lipinski definition) is 1. The van der Waals surface area contributed by atoms with E-state index in [9.17, 15) is 0 Å². The van der Waals surface area contributed by atoms with Crippen LogP contribution in [0.2, 0.25) is 0 Å². The number of ether oxygens (including phenoxy) is 1. The summed E-state index contributed by atoms with van der Waals surface area (Å²) in [5.74, 6) is 0.701. The molecule has 1 rings (SSSR count). The maximum Gasteiger partial charge on any atom is 0.181 e. The molecular weight excluding hydrogens is 144 g/mol. The van der Waals surface area contributed by atoms with E-state index in [1.807, 2.05) is 6.92 Å². The summed E-state index contributed by atoms with van der Waals surface area (Å²) in [5.41, 5.74) is 6.38. The highest BCUT2D eigenvalue weighted by Crippen LogP contribution is 2.14. The highest BCUT2D eigenvalue weighted by molar-refractivity contribution is 5.09. The van der Waals surface area contributed by atoms with E-state index in [-0.39, 0.29) is 6.04 Å². The Morgan fingerprint density at radius 2 is 2.55 bits per heavy atom. The molecular formula is C7H12N2O2. The first-order valence-corrected chi connectivity index (χ1v) is 3.42. The Morgan fingerprint density at radius 1 is 1.82 bits per heavy atom. The fourth-order valence-corrected chi connectivity index (χ4v) is 0.894. The summed E-state index contributed by atoms with van der Waals surface area (Å²) in [6.45, 7) is 2.30. The minimum absolute atomic E-state index is 0.123.